The van der Waals surface area contributed by atoms with Crippen molar-refractivity contribution in [2.45, 2.75) is 31.7 Å². The molecule has 120 valence electrons. The molecule has 1 fully saturated rings. The van der Waals surface area contributed by atoms with Crippen LogP contribution in [0.1, 0.15) is 46.8 Å². The van der Waals surface area contributed by atoms with E-state index in [1.54, 1.807) is 17.0 Å². The molecule has 23 heavy (non-hydrogen) atoms. The van der Waals surface area contributed by atoms with Crippen LogP contribution in [0.4, 0.5) is 4.39 Å². The quantitative estimate of drug-likeness (QED) is 0.922. The summed E-state index contributed by atoms with van der Waals surface area (Å²) in [6.07, 6.45) is 5.29. The van der Waals surface area contributed by atoms with Gasteiger partial charge in [0.15, 0.2) is 0 Å². The summed E-state index contributed by atoms with van der Waals surface area (Å²) in [5.41, 5.74) is 2.20. The van der Waals surface area contributed by atoms with Crippen molar-refractivity contribution < 1.29 is 13.9 Å². The van der Waals surface area contributed by atoms with E-state index in [0.717, 1.165) is 24.1 Å². The van der Waals surface area contributed by atoms with Gasteiger partial charge in [0.05, 0.1) is 18.7 Å². The molecule has 1 aromatic heterocycles. The van der Waals surface area contributed by atoms with Crippen molar-refractivity contribution in [2.24, 2.45) is 0 Å². The number of aromatic amines is 1. The Morgan fingerprint density at radius 3 is 2.96 bits per heavy atom. The molecule has 0 radical (unpaired) electrons. The van der Waals surface area contributed by atoms with Crippen molar-refractivity contribution in [1.29, 1.82) is 0 Å². The van der Waals surface area contributed by atoms with Crippen LogP contribution in [0.5, 0.6) is 5.75 Å². The number of H-pyrrole nitrogens is 1. The van der Waals surface area contributed by atoms with E-state index in [0.29, 0.717) is 30.4 Å². The Hall–Kier alpha value is -2.30. The standard InChI is InChI=1S/C18H19FN2O2/c19-15-5-2-6-16-14(15)11-21(9-10-23-16)18(22)13-7-8-20-17(13)12-3-1-4-12/h2,5-8,12,20H,1,3-4,9-11H2. The highest BCUT2D eigenvalue weighted by atomic mass is 19.1. The summed E-state index contributed by atoms with van der Waals surface area (Å²) in [6, 6.07) is 6.63. The number of carbonyl (C=O) groups is 1. The number of carbonyl (C=O) groups excluding carboxylic acids is 1. The number of amides is 1. The second kappa shape index (κ2) is 5.72. The predicted molar refractivity (Wildman–Crippen MR) is 84.0 cm³/mol. The Balaban J connectivity index is 1.62. The molecule has 1 N–H and O–H groups in total. The number of halogens is 1. The van der Waals surface area contributed by atoms with Crippen LogP contribution in [0.2, 0.25) is 0 Å². The number of fused-ring (bicyclic) bond motifs is 1. The minimum Gasteiger partial charge on any atom is -0.491 e. The number of nitrogens with one attached hydrogen (secondary N) is 1. The molecule has 0 spiro atoms. The van der Waals surface area contributed by atoms with Gasteiger partial charge < -0.3 is 14.6 Å². The number of hydrogen-bond donors (Lipinski definition) is 1. The lowest BCUT2D eigenvalue weighted by atomic mass is 9.81. The number of nitrogens with zero attached hydrogens (tertiary/aromatic N) is 1. The lowest BCUT2D eigenvalue weighted by molar-refractivity contribution is 0.0730. The Bertz CT molecular complexity index is 736. The summed E-state index contributed by atoms with van der Waals surface area (Å²) in [6.45, 7) is 1.09. The van der Waals surface area contributed by atoms with E-state index in [1.807, 2.05) is 12.3 Å². The van der Waals surface area contributed by atoms with Crippen molar-refractivity contribution >= 4 is 5.91 Å². The van der Waals surface area contributed by atoms with Gasteiger partial charge in [-0.05, 0) is 37.0 Å². The SMILES string of the molecule is O=C(c1cc[nH]c1C1CCC1)N1CCOc2cccc(F)c2C1. The maximum Gasteiger partial charge on any atom is 0.256 e. The first kappa shape index (κ1) is 14.3. The van der Waals surface area contributed by atoms with Gasteiger partial charge in [-0.25, -0.2) is 4.39 Å². The third-order valence-electron chi connectivity index (χ3n) is 4.85. The summed E-state index contributed by atoms with van der Waals surface area (Å²) >= 11 is 0. The largest absolute Gasteiger partial charge is 0.491 e. The predicted octanol–water partition coefficient (Wildman–Crippen LogP) is 3.46. The van der Waals surface area contributed by atoms with Crippen LogP contribution >= 0.6 is 0 Å². The van der Waals surface area contributed by atoms with Crippen molar-refractivity contribution in [3.63, 3.8) is 0 Å². The molecule has 0 atom stereocenters. The van der Waals surface area contributed by atoms with E-state index < -0.39 is 0 Å². The molecule has 0 bridgehead atoms. The zero-order chi connectivity index (χ0) is 15.8. The van der Waals surface area contributed by atoms with Gasteiger partial charge in [-0.1, -0.05) is 12.5 Å². The van der Waals surface area contributed by atoms with Crippen LogP contribution in [0, 0.1) is 5.82 Å². The van der Waals surface area contributed by atoms with Crippen LogP contribution in [-0.4, -0.2) is 28.9 Å². The van der Waals surface area contributed by atoms with Crippen LogP contribution in [0.25, 0.3) is 0 Å². The van der Waals surface area contributed by atoms with E-state index in [2.05, 4.69) is 4.98 Å². The zero-order valence-corrected chi connectivity index (χ0v) is 12.8. The first-order valence-corrected chi connectivity index (χ1v) is 8.11. The Morgan fingerprint density at radius 1 is 1.30 bits per heavy atom. The second-order valence-electron chi connectivity index (χ2n) is 6.22. The van der Waals surface area contributed by atoms with Crippen molar-refractivity contribution in [2.75, 3.05) is 13.2 Å². The monoisotopic (exact) mass is 314 g/mol. The third-order valence-corrected chi connectivity index (χ3v) is 4.85. The molecule has 5 heteroatoms. The second-order valence-corrected chi connectivity index (χ2v) is 6.22. The first-order valence-electron chi connectivity index (χ1n) is 8.11. The fourth-order valence-electron chi connectivity index (χ4n) is 3.31. The molecule has 1 aliphatic carbocycles. The summed E-state index contributed by atoms with van der Waals surface area (Å²) in [5.74, 6) is 0.619. The maximum absolute atomic E-state index is 14.1. The third kappa shape index (κ3) is 2.50. The lowest BCUT2D eigenvalue weighted by Crippen LogP contribution is -2.33. The Labute approximate surface area is 134 Å². The lowest BCUT2D eigenvalue weighted by Gasteiger charge is -2.27. The average molecular weight is 314 g/mol. The highest BCUT2D eigenvalue weighted by molar-refractivity contribution is 5.95. The summed E-state index contributed by atoms with van der Waals surface area (Å²) < 4.78 is 19.7. The molecule has 1 saturated carbocycles. The van der Waals surface area contributed by atoms with E-state index in [1.165, 1.54) is 12.5 Å². The van der Waals surface area contributed by atoms with E-state index in [4.69, 9.17) is 4.74 Å². The van der Waals surface area contributed by atoms with Gasteiger partial charge in [-0.3, -0.25) is 4.79 Å². The molecule has 1 aliphatic heterocycles. The molecule has 2 aromatic rings. The van der Waals surface area contributed by atoms with Gasteiger partial charge in [0, 0.05) is 17.5 Å². The number of hydrogen-bond acceptors (Lipinski definition) is 2. The van der Waals surface area contributed by atoms with Crippen molar-refractivity contribution in [3.8, 4) is 5.75 Å². The maximum atomic E-state index is 14.1. The molecular weight excluding hydrogens is 295 g/mol. The molecule has 0 unspecified atom stereocenters. The van der Waals surface area contributed by atoms with Crippen LogP contribution in [-0.2, 0) is 6.54 Å². The van der Waals surface area contributed by atoms with E-state index >= 15 is 0 Å². The molecule has 0 saturated heterocycles. The molecule has 2 heterocycles. The summed E-state index contributed by atoms with van der Waals surface area (Å²) in [4.78, 5) is 17.8. The normalized spacial score (nSPS) is 17.9. The Morgan fingerprint density at radius 2 is 2.17 bits per heavy atom. The first-order chi connectivity index (χ1) is 11.2. The smallest absolute Gasteiger partial charge is 0.256 e. The van der Waals surface area contributed by atoms with Crippen LogP contribution < -0.4 is 4.74 Å². The number of aromatic nitrogens is 1. The van der Waals surface area contributed by atoms with Crippen molar-refractivity contribution in [1.82, 2.24) is 9.88 Å². The molecule has 4 nitrogen and oxygen atoms in total. The Kier molecular flexibility index (Phi) is 3.56. The van der Waals surface area contributed by atoms with Gasteiger partial charge in [0.25, 0.3) is 5.91 Å². The average Bonchev–Trinajstić information content (AvgIpc) is 2.84. The van der Waals surface area contributed by atoms with Crippen LogP contribution in [0.15, 0.2) is 30.5 Å². The fraction of sp³-hybridized carbons (Fsp3) is 0.389. The fourth-order valence-corrected chi connectivity index (χ4v) is 3.31. The molecule has 1 aromatic carbocycles. The van der Waals surface area contributed by atoms with E-state index in [9.17, 15) is 9.18 Å². The highest BCUT2D eigenvalue weighted by Gasteiger charge is 2.29. The minimum absolute atomic E-state index is 0.0483. The van der Waals surface area contributed by atoms with Gasteiger partial charge >= 0.3 is 0 Å². The molecule has 2 aliphatic rings. The molecule has 1 amide bonds. The zero-order valence-electron chi connectivity index (χ0n) is 12.8. The number of rotatable bonds is 2. The van der Waals surface area contributed by atoms with Crippen LogP contribution in [0.3, 0.4) is 0 Å². The van der Waals surface area contributed by atoms with Gasteiger partial charge in [-0.15, -0.1) is 0 Å². The summed E-state index contributed by atoms with van der Waals surface area (Å²) in [5, 5.41) is 0. The van der Waals surface area contributed by atoms with Gasteiger partial charge in [0.1, 0.15) is 18.2 Å². The van der Waals surface area contributed by atoms with E-state index in [-0.39, 0.29) is 18.3 Å². The number of ether oxygens (including phenoxy) is 1. The van der Waals surface area contributed by atoms with Gasteiger partial charge in [-0.2, -0.15) is 0 Å². The minimum atomic E-state index is -0.324. The van der Waals surface area contributed by atoms with Gasteiger partial charge in [0.2, 0.25) is 0 Å². The highest BCUT2D eigenvalue weighted by Crippen LogP contribution is 2.37. The van der Waals surface area contributed by atoms with Crippen molar-refractivity contribution in [3.05, 3.63) is 53.1 Å². The summed E-state index contributed by atoms with van der Waals surface area (Å²) in [7, 11) is 0. The topological polar surface area (TPSA) is 45.3 Å². The molecule has 4 rings (SSSR count). The number of benzene rings is 1. The molecular formula is C18H19FN2O2.